The number of aliphatic hydroxyl groups is 1. The summed E-state index contributed by atoms with van der Waals surface area (Å²) in [4.78, 5) is 11.8. The molecule has 1 aliphatic heterocycles. The number of carbonyl (C=O) groups excluding carboxylic acids is 1. The van der Waals surface area contributed by atoms with Gasteiger partial charge in [-0.2, -0.15) is 0 Å². The lowest BCUT2D eigenvalue weighted by molar-refractivity contribution is -0.153. The molecule has 6 nitrogen and oxygen atoms in total. The van der Waals surface area contributed by atoms with Crippen molar-refractivity contribution in [2.24, 2.45) is 0 Å². The standard InChI is InChI=1S/C21H24ClNO5/c1-2-26-21(25)20-13-27-19-10-14(6-7-18(19)28-20)8-9-23-12-17(24)15-4-3-5-16(22)11-15/h3-7,10-11,17,20,23-24H,2,8-9,12-13H2,1H3/t17-,20+/m0/s1. The number of esters is 1. The van der Waals surface area contributed by atoms with Crippen LogP contribution in [0.4, 0.5) is 0 Å². The highest BCUT2D eigenvalue weighted by Gasteiger charge is 2.28. The van der Waals surface area contributed by atoms with E-state index in [0.29, 0.717) is 36.2 Å². The van der Waals surface area contributed by atoms with Crippen LogP contribution in [0, 0.1) is 0 Å². The summed E-state index contributed by atoms with van der Waals surface area (Å²) < 4.78 is 16.3. The third-order valence-corrected chi connectivity index (χ3v) is 4.61. The summed E-state index contributed by atoms with van der Waals surface area (Å²) in [7, 11) is 0. The van der Waals surface area contributed by atoms with Gasteiger partial charge in [-0.05, 0) is 55.3 Å². The first-order valence-corrected chi connectivity index (χ1v) is 9.68. The van der Waals surface area contributed by atoms with Gasteiger partial charge in [-0.1, -0.05) is 29.8 Å². The van der Waals surface area contributed by atoms with E-state index in [-0.39, 0.29) is 6.61 Å². The van der Waals surface area contributed by atoms with Crippen molar-refractivity contribution in [3.05, 3.63) is 58.6 Å². The molecule has 2 atom stereocenters. The number of hydrogen-bond donors (Lipinski definition) is 2. The van der Waals surface area contributed by atoms with Crippen LogP contribution in [0.3, 0.4) is 0 Å². The van der Waals surface area contributed by atoms with Gasteiger partial charge < -0.3 is 24.6 Å². The minimum atomic E-state index is -0.729. The van der Waals surface area contributed by atoms with Crippen molar-refractivity contribution in [3.8, 4) is 11.5 Å². The molecule has 1 heterocycles. The number of nitrogens with one attached hydrogen (secondary N) is 1. The fourth-order valence-electron chi connectivity index (χ4n) is 2.93. The van der Waals surface area contributed by atoms with Gasteiger partial charge in [0, 0.05) is 11.6 Å². The Hall–Kier alpha value is -2.28. The van der Waals surface area contributed by atoms with Gasteiger partial charge in [-0.3, -0.25) is 0 Å². The number of benzene rings is 2. The molecule has 0 fully saturated rings. The second-order valence-electron chi connectivity index (χ2n) is 6.48. The van der Waals surface area contributed by atoms with Crippen molar-refractivity contribution in [2.45, 2.75) is 25.6 Å². The van der Waals surface area contributed by atoms with E-state index in [1.54, 1.807) is 25.1 Å². The number of fused-ring (bicyclic) bond motifs is 1. The Balaban J connectivity index is 1.47. The Kier molecular flexibility index (Phi) is 7.14. The molecule has 2 N–H and O–H groups in total. The molecule has 0 radical (unpaired) electrons. The molecule has 0 aromatic heterocycles. The van der Waals surface area contributed by atoms with E-state index in [0.717, 1.165) is 17.5 Å². The highest BCUT2D eigenvalue weighted by atomic mass is 35.5. The van der Waals surface area contributed by atoms with Crippen LogP contribution >= 0.6 is 11.6 Å². The Bertz CT molecular complexity index is 813. The second kappa shape index (κ2) is 9.78. The van der Waals surface area contributed by atoms with Crippen LogP contribution in [0.1, 0.15) is 24.2 Å². The van der Waals surface area contributed by atoms with Crippen molar-refractivity contribution in [2.75, 3.05) is 26.3 Å². The number of aliphatic hydroxyl groups excluding tert-OH is 1. The molecule has 0 bridgehead atoms. The number of ether oxygens (including phenoxy) is 3. The fraction of sp³-hybridized carbons (Fsp3) is 0.381. The van der Waals surface area contributed by atoms with Crippen LogP contribution in [0.5, 0.6) is 11.5 Å². The molecule has 2 aromatic rings. The molecule has 0 aliphatic carbocycles. The zero-order valence-corrected chi connectivity index (χ0v) is 16.4. The molecule has 0 amide bonds. The Morgan fingerprint density at radius 3 is 2.96 bits per heavy atom. The fourth-order valence-corrected chi connectivity index (χ4v) is 3.12. The summed E-state index contributed by atoms with van der Waals surface area (Å²) in [5, 5.41) is 14.1. The van der Waals surface area contributed by atoms with Crippen molar-refractivity contribution in [3.63, 3.8) is 0 Å². The third kappa shape index (κ3) is 5.38. The topological polar surface area (TPSA) is 77.0 Å². The van der Waals surface area contributed by atoms with Gasteiger partial charge in [-0.15, -0.1) is 0 Å². The Labute approximate surface area is 169 Å². The Morgan fingerprint density at radius 2 is 2.18 bits per heavy atom. The van der Waals surface area contributed by atoms with E-state index in [2.05, 4.69) is 5.32 Å². The minimum Gasteiger partial charge on any atom is -0.485 e. The molecule has 7 heteroatoms. The quantitative estimate of drug-likeness (QED) is 0.519. The smallest absolute Gasteiger partial charge is 0.350 e. The lowest BCUT2D eigenvalue weighted by Crippen LogP contribution is -2.37. The summed E-state index contributed by atoms with van der Waals surface area (Å²) in [5.41, 5.74) is 1.86. The maximum atomic E-state index is 11.8. The number of rotatable bonds is 8. The van der Waals surface area contributed by atoms with Gasteiger partial charge in [0.1, 0.15) is 6.61 Å². The van der Waals surface area contributed by atoms with E-state index in [1.807, 2.05) is 24.3 Å². The summed E-state index contributed by atoms with van der Waals surface area (Å²) in [6, 6.07) is 12.9. The molecule has 28 heavy (non-hydrogen) atoms. The van der Waals surface area contributed by atoms with Crippen molar-refractivity contribution in [1.82, 2.24) is 5.32 Å². The summed E-state index contributed by atoms with van der Waals surface area (Å²) in [5.74, 6) is 0.745. The average molecular weight is 406 g/mol. The highest BCUT2D eigenvalue weighted by Crippen LogP contribution is 2.33. The maximum Gasteiger partial charge on any atom is 0.350 e. The maximum absolute atomic E-state index is 11.8. The second-order valence-corrected chi connectivity index (χ2v) is 6.91. The lowest BCUT2D eigenvalue weighted by atomic mass is 10.1. The van der Waals surface area contributed by atoms with Crippen LogP contribution in [0.2, 0.25) is 5.02 Å². The first-order chi connectivity index (χ1) is 13.6. The third-order valence-electron chi connectivity index (χ3n) is 4.38. The molecule has 0 saturated heterocycles. The summed E-state index contributed by atoms with van der Waals surface area (Å²) in [6.07, 6.45) is -0.577. The zero-order valence-electron chi connectivity index (χ0n) is 15.7. The van der Waals surface area contributed by atoms with Gasteiger partial charge in [-0.25, -0.2) is 4.79 Å². The molecule has 3 rings (SSSR count). The van der Waals surface area contributed by atoms with Gasteiger partial charge in [0.05, 0.1) is 12.7 Å². The summed E-state index contributed by atoms with van der Waals surface area (Å²) >= 11 is 5.95. The van der Waals surface area contributed by atoms with E-state index in [9.17, 15) is 9.90 Å². The van der Waals surface area contributed by atoms with E-state index in [1.165, 1.54) is 0 Å². The van der Waals surface area contributed by atoms with Crippen molar-refractivity contribution >= 4 is 17.6 Å². The van der Waals surface area contributed by atoms with Crippen LogP contribution in [-0.4, -0.2) is 43.5 Å². The van der Waals surface area contributed by atoms with Crippen molar-refractivity contribution < 1.29 is 24.1 Å². The largest absolute Gasteiger partial charge is 0.485 e. The van der Waals surface area contributed by atoms with E-state index in [4.69, 9.17) is 25.8 Å². The van der Waals surface area contributed by atoms with Gasteiger partial charge in [0.25, 0.3) is 0 Å². The first kappa shape index (κ1) is 20.5. The molecule has 0 unspecified atom stereocenters. The number of hydrogen-bond acceptors (Lipinski definition) is 6. The SMILES string of the molecule is CCOC(=O)[C@H]1COc2cc(CCNC[C@H](O)c3cccc(Cl)c3)ccc2O1. The summed E-state index contributed by atoms with van der Waals surface area (Å²) in [6.45, 7) is 3.33. The predicted octanol–water partition coefficient (Wildman–Crippen LogP) is 2.91. The lowest BCUT2D eigenvalue weighted by Gasteiger charge is -2.25. The van der Waals surface area contributed by atoms with Crippen molar-refractivity contribution in [1.29, 1.82) is 0 Å². The molecular formula is C21H24ClNO5. The monoisotopic (exact) mass is 405 g/mol. The molecule has 0 saturated carbocycles. The highest BCUT2D eigenvalue weighted by molar-refractivity contribution is 6.30. The van der Waals surface area contributed by atoms with Gasteiger partial charge in [0.15, 0.2) is 11.5 Å². The van der Waals surface area contributed by atoms with Gasteiger partial charge >= 0.3 is 5.97 Å². The number of carbonyl (C=O) groups is 1. The Morgan fingerprint density at radius 1 is 1.32 bits per heavy atom. The molecule has 150 valence electrons. The van der Waals surface area contributed by atoms with E-state index < -0.39 is 18.2 Å². The number of halogens is 1. The minimum absolute atomic E-state index is 0.138. The van der Waals surface area contributed by atoms with Crippen LogP contribution in [0.15, 0.2) is 42.5 Å². The van der Waals surface area contributed by atoms with Crippen LogP contribution in [0.25, 0.3) is 0 Å². The van der Waals surface area contributed by atoms with Gasteiger partial charge in [0.2, 0.25) is 6.10 Å². The van der Waals surface area contributed by atoms with Crippen LogP contribution in [-0.2, 0) is 16.0 Å². The zero-order chi connectivity index (χ0) is 19.9. The normalized spacial score (nSPS) is 16.5. The molecular weight excluding hydrogens is 382 g/mol. The predicted molar refractivity (Wildman–Crippen MR) is 106 cm³/mol. The first-order valence-electron chi connectivity index (χ1n) is 9.30. The average Bonchev–Trinajstić information content (AvgIpc) is 2.70. The molecule has 1 aliphatic rings. The molecule has 0 spiro atoms. The molecule has 2 aromatic carbocycles. The van der Waals surface area contributed by atoms with Crippen LogP contribution < -0.4 is 14.8 Å². The van der Waals surface area contributed by atoms with E-state index >= 15 is 0 Å².